The summed E-state index contributed by atoms with van der Waals surface area (Å²) >= 11 is 0. The number of hydrogen-bond acceptors (Lipinski definition) is 2. The van der Waals surface area contributed by atoms with Crippen LogP contribution in [-0.2, 0) is 4.74 Å². The first-order valence-corrected chi connectivity index (χ1v) is 3.62. The molecule has 0 heterocycles. The van der Waals surface area contributed by atoms with Crippen LogP contribution in [0.1, 0.15) is 6.92 Å². The molecule has 0 saturated carbocycles. The fourth-order valence-electron chi connectivity index (χ4n) is 0.414. The minimum Gasteiger partial charge on any atom is -0.381 e. The van der Waals surface area contributed by atoms with Crippen LogP contribution in [0.5, 0.6) is 0 Å². The predicted molar refractivity (Wildman–Crippen MR) is 48.2 cm³/mol. The summed E-state index contributed by atoms with van der Waals surface area (Å²) in [7, 11) is 0. The van der Waals surface area contributed by atoms with Crippen molar-refractivity contribution in [2.75, 3.05) is 13.2 Å². The molecule has 0 aliphatic heterocycles. The zero-order valence-corrected chi connectivity index (χ0v) is 7.13. The molecule has 12 heavy (non-hydrogen) atoms. The van der Waals surface area contributed by atoms with Gasteiger partial charge in [0.25, 0.3) is 0 Å². The van der Waals surface area contributed by atoms with E-state index in [1.165, 1.54) is 0 Å². The molecular weight excluding hydrogens is 152 g/mol. The molecule has 2 nitrogen and oxygen atoms in total. The predicted octanol–water partition coefficient (Wildman–Crippen LogP) is 0.577. The molecule has 0 rings (SSSR count). The van der Waals surface area contributed by atoms with Gasteiger partial charge in [0.05, 0.1) is 6.61 Å². The molecule has 0 aromatic rings. The maximum absolute atomic E-state index is 8.71. The van der Waals surface area contributed by atoms with Crippen LogP contribution in [0.4, 0.5) is 0 Å². The van der Waals surface area contributed by atoms with Crippen molar-refractivity contribution in [2.24, 2.45) is 0 Å². The number of aliphatic hydroxyl groups is 1. The number of aliphatic hydroxyl groups excluding tert-OH is 1. The molecule has 64 valence electrons. The van der Waals surface area contributed by atoms with E-state index in [-0.39, 0.29) is 0 Å². The Kier molecular flexibility index (Phi) is 7.08. The van der Waals surface area contributed by atoms with Crippen molar-refractivity contribution in [1.82, 2.24) is 0 Å². The van der Waals surface area contributed by atoms with Crippen molar-refractivity contribution in [2.45, 2.75) is 13.0 Å². The third kappa shape index (κ3) is 8.78. The summed E-state index contributed by atoms with van der Waals surface area (Å²) in [6.45, 7) is 5.92. The maximum atomic E-state index is 8.71. The highest BCUT2D eigenvalue weighted by atomic mass is 16.5. The van der Waals surface area contributed by atoms with Gasteiger partial charge in [0, 0.05) is 0 Å². The quantitative estimate of drug-likeness (QED) is 0.375. The molecule has 1 N–H and O–H groups in total. The Morgan fingerprint density at radius 2 is 2.33 bits per heavy atom. The highest BCUT2D eigenvalue weighted by molar-refractivity contribution is 5.27. The van der Waals surface area contributed by atoms with E-state index >= 15 is 0 Å². The van der Waals surface area contributed by atoms with E-state index in [0.717, 1.165) is 0 Å². The average Bonchev–Trinajstić information content (AvgIpc) is 2.02. The van der Waals surface area contributed by atoms with Gasteiger partial charge in [-0.3, -0.25) is 0 Å². The molecule has 2 heteroatoms. The van der Waals surface area contributed by atoms with Gasteiger partial charge >= 0.3 is 0 Å². The van der Waals surface area contributed by atoms with Gasteiger partial charge in [-0.05, 0) is 18.8 Å². The second-order valence-electron chi connectivity index (χ2n) is 2.05. The molecule has 0 aromatic carbocycles. The molecule has 1 unspecified atom stereocenters. The Bertz CT molecular complexity index is 232. The normalized spacial score (nSPS) is 10.2. The Hall–Kier alpha value is -1.22. The summed E-state index contributed by atoms with van der Waals surface area (Å²) in [5, 5.41) is 8.71. The largest absolute Gasteiger partial charge is 0.381 e. The van der Waals surface area contributed by atoms with E-state index in [2.05, 4.69) is 30.3 Å². The second-order valence-corrected chi connectivity index (χ2v) is 2.05. The minimum atomic E-state index is -0.617. The molecule has 0 fully saturated rings. The SMILES string of the molecule is C=CCOCC#CC#CC(C)O. The lowest BCUT2D eigenvalue weighted by atomic mass is 10.4. The first-order valence-electron chi connectivity index (χ1n) is 3.62. The van der Waals surface area contributed by atoms with Crippen molar-refractivity contribution in [1.29, 1.82) is 0 Å². The van der Waals surface area contributed by atoms with Gasteiger partial charge in [-0.1, -0.05) is 17.9 Å². The van der Waals surface area contributed by atoms with Crippen LogP contribution in [0.3, 0.4) is 0 Å². The third-order valence-corrected chi connectivity index (χ3v) is 0.842. The molecule has 0 radical (unpaired) electrons. The van der Waals surface area contributed by atoms with Crippen LogP contribution in [0.15, 0.2) is 12.7 Å². The fourth-order valence-corrected chi connectivity index (χ4v) is 0.414. The fraction of sp³-hybridized carbons (Fsp3) is 0.400. The topological polar surface area (TPSA) is 29.5 Å². The average molecular weight is 164 g/mol. The van der Waals surface area contributed by atoms with Crippen molar-refractivity contribution in [3.05, 3.63) is 12.7 Å². The lowest BCUT2D eigenvalue weighted by Crippen LogP contribution is -1.92. The van der Waals surface area contributed by atoms with Gasteiger partial charge in [-0.25, -0.2) is 0 Å². The smallest absolute Gasteiger partial charge is 0.112 e. The summed E-state index contributed by atoms with van der Waals surface area (Å²) in [5.41, 5.74) is 0. The third-order valence-electron chi connectivity index (χ3n) is 0.842. The Balaban J connectivity index is 3.48. The van der Waals surface area contributed by atoms with Crippen LogP contribution in [0, 0.1) is 23.7 Å². The Morgan fingerprint density at radius 1 is 1.58 bits per heavy atom. The van der Waals surface area contributed by atoms with Crippen LogP contribution >= 0.6 is 0 Å². The molecule has 0 bridgehead atoms. The van der Waals surface area contributed by atoms with Crippen LogP contribution in [-0.4, -0.2) is 24.4 Å². The molecule has 0 spiro atoms. The van der Waals surface area contributed by atoms with Gasteiger partial charge in [0.1, 0.15) is 12.7 Å². The van der Waals surface area contributed by atoms with E-state index in [1.54, 1.807) is 13.0 Å². The first kappa shape index (κ1) is 10.8. The van der Waals surface area contributed by atoms with Crippen molar-refractivity contribution >= 4 is 0 Å². The summed E-state index contributed by atoms with van der Waals surface area (Å²) in [4.78, 5) is 0. The molecule has 0 aliphatic rings. The van der Waals surface area contributed by atoms with E-state index < -0.39 is 6.10 Å². The van der Waals surface area contributed by atoms with Gasteiger partial charge in [0.2, 0.25) is 0 Å². The van der Waals surface area contributed by atoms with Crippen LogP contribution in [0.25, 0.3) is 0 Å². The number of rotatable bonds is 3. The summed E-state index contributed by atoms with van der Waals surface area (Å²) in [5.74, 6) is 10.2. The van der Waals surface area contributed by atoms with E-state index in [1.807, 2.05) is 0 Å². The van der Waals surface area contributed by atoms with E-state index in [9.17, 15) is 0 Å². The minimum absolute atomic E-state index is 0.348. The van der Waals surface area contributed by atoms with E-state index in [0.29, 0.717) is 13.2 Å². The molecule has 0 aliphatic carbocycles. The number of hydrogen-bond donors (Lipinski definition) is 1. The highest BCUT2D eigenvalue weighted by Gasteiger charge is 1.79. The van der Waals surface area contributed by atoms with E-state index in [4.69, 9.17) is 9.84 Å². The molecular formula is C10H12O2. The van der Waals surface area contributed by atoms with Gasteiger partial charge < -0.3 is 9.84 Å². The van der Waals surface area contributed by atoms with Crippen molar-refractivity contribution < 1.29 is 9.84 Å². The monoisotopic (exact) mass is 164 g/mol. The van der Waals surface area contributed by atoms with Crippen molar-refractivity contribution in [3.8, 4) is 23.7 Å². The molecule has 0 saturated heterocycles. The second kappa shape index (κ2) is 7.88. The number of ether oxygens (including phenoxy) is 1. The summed E-state index contributed by atoms with van der Waals surface area (Å²) < 4.78 is 4.97. The summed E-state index contributed by atoms with van der Waals surface area (Å²) in [6.07, 6.45) is 1.04. The lowest BCUT2D eigenvalue weighted by molar-refractivity contribution is 0.199. The Labute approximate surface area is 73.2 Å². The first-order chi connectivity index (χ1) is 5.77. The van der Waals surface area contributed by atoms with Crippen molar-refractivity contribution in [3.63, 3.8) is 0 Å². The van der Waals surface area contributed by atoms with Gasteiger partial charge in [-0.15, -0.1) is 6.58 Å². The van der Waals surface area contributed by atoms with Gasteiger partial charge in [0.15, 0.2) is 0 Å². The molecule has 1 atom stereocenters. The lowest BCUT2D eigenvalue weighted by Gasteiger charge is -1.88. The molecule has 0 aromatic heterocycles. The van der Waals surface area contributed by atoms with Crippen LogP contribution in [0.2, 0.25) is 0 Å². The standard InChI is InChI=1S/C10H12O2/c1-3-8-12-9-6-4-5-7-10(2)11/h3,10-11H,1,8-9H2,2H3. The maximum Gasteiger partial charge on any atom is 0.112 e. The Morgan fingerprint density at radius 3 is 2.92 bits per heavy atom. The zero-order chi connectivity index (χ0) is 9.23. The van der Waals surface area contributed by atoms with Crippen LogP contribution < -0.4 is 0 Å². The van der Waals surface area contributed by atoms with Gasteiger partial charge in [-0.2, -0.15) is 0 Å². The zero-order valence-electron chi connectivity index (χ0n) is 7.13. The molecule has 0 amide bonds. The summed E-state index contributed by atoms with van der Waals surface area (Å²) in [6, 6.07) is 0. The highest BCUT2D eigenvalue weighted by Crippen LogP contribution is 1.73.